The Hall–Kier alpha value is -3.81. The number of benzene rings is 2. The van der Waals surface area contributed by atoms with Gasteiger partial charge >= 0.3 is 0 Å². The van der Waals surface area contributed by atoms with Crippen LogP contribution in [0.25, 0.3) is 11.3 Å². The monoisotopic (exact) mass is 530 g/mol. The number of nitrogens with zero attached hydrogens (tertiary/aromatic N) is 3. The second-order valence-corrected chi connectivity index (χ2v) is 10.8. The van der Waals surface area contributed by atoms with Gasteiger partial charge in [-0.15, -0.1) is 0 Å². The molecule has 1 aromatic heterocycles. The fourth-order valence-corrected chi connectivity index (χ4v) is 5.72. The zero-order valence-corrected chi connectivity index (χ0v) is 23.1. The Kier molecular flexibility index (Phi) is 7.91. The van der Waals surface area contributed by atoms with Crippen LogP contribution in [0.2, 0.25) is 0 Å². The van der Waals surface area contributed by atoms with Crippen LogP contribution >= 0.6 is 0 Å². The molecule has 1 fully saturated rings. The second-order valence-electron chi connectivity index (χ2n) is 10.8. The van der Waals surface area contributed by atoms with Crippen LogP contribution < -0.4 is 14.8 Å². The molecule has 1 spiro atoms. The van der Waals surface area contributed by atoms with Crippen molar-refractivity contribution in [3.63, 3.8) is 0 Å². The maximum absolute atomic E-state index is 13.6. The molecule has 0 aliphatic carbocycles. The van der Waals surface area contributed by atoms with Crippen LogP contribution in [0.3, 0.4) is 0 Å². The molecule has 39 heavy (non-hydrogen) atoms. The summed E-state index contributed by atoms with van der Waals surface area (Å²) < 4.78 is 13.0. The minimum atomic E-state index is -0.468. The largest absolute Gasteiger partial charge is 0.497 e. The lowest BCUT2D eigenvalue weighted by atomic mass is 9.73. The predicted octanol–water partition coefficient (Wildman–Crippen LogP) is 4.63. The highest BCUT2D eigenvalue weighted by molar-refractivity contribution is 5.94. The highest BCUT2D eigenvalue weighted by Gasteiger charge is 2.42. The Balaban J connectivity index is 1.27. The molecular formula is C31H38N4O4. The number of hydrogen-bond donors (Lipinski definition) is 1. The summed E-state index contributed by atoms with van der Waals surface area (Å²) in [5.74, 6) is 1.72. The Morgan fingerprint density at radius 3 is 2.56 bits per heavy atom. The lowest BCUT2D eigenvalue weighted by Gasteiger charge is -2.41. The van der Waals surface area contributed by atoms with E-state index in [9.17, 15) is 9.59 Å². The summed E-state index contributed by atoms with van der Waals surface area (Å²) in [5.41, 5.74) is 2.97. The topological polar surface area (TPSA) is 85.7 Å². The van der Waals surface area contributed by atoms with E-state index >= 15 is 0 Å². The molecule has 1 atom stereocenters. The van der Waals surface area contributed by atoms with Gasteiger partial charge in [0.2, 0.25) is 5.91 Å². The standard InChI is InChI=1S/C31H38N4O4/c1-22-21-39-28-10-5-4-8-24(28)9-6-7-15-31(30(37)32-22)16-18-35(19-17-31)29(36)27-20-26(33-34(27)2)23-11-13-25(38-3)14-12-23/h4-5,8,10-14,20,22H,6-7,9,15-19,21H2,1-3H3,(H,32,37)/t22-/m1/s1. The van der Waals surface area contributed by atoms with Gasteiger partial charge in [-0.05, 0) is 81.0 Å². The number of nitrogens with one attached hydrogen (secondary N) is 1. The van der Waals surface area contributed by atoms with E-state index in [2.05, 4.69) is 22.5 Å². The van der Waals surface area contributed by atoms with Crippen molar-refractivity contribution in [1.29, 1.82) is 0 Å². The molecule has 8 heteroatoms. The third-order valence-corrected chi connectivity index (χ3v) is 8.16. The zero-order valence-electron chi connectivity index (χ0n) is 23.1. The van der Waals surface area contributed by atoms with Crippen LogP contribution in [-0.4, -0.2) is 59.3 Å². The number of carbonyl (C=O) groups is 2. The molecular weight excluding hydrogens is 492 g/mol. The molecule has 3 heterocycles. The first-order chi connectivity index (χ1) is 18.9. The minimum absolute atomic E-state index is 0.0495. The summed E-state index contributed by atoms with van der Waals surface area (Å²) in [6.45, 7) is 3.51. The molecule has 2 aromatic carbocycles. The third kappa shape index (κ3) is 5.79. The van der Waals surface area contributed by atoms with Crippen LogP contribution in [0.15, 0.2) is 54.6 Å². The van der Waals surface area contributed by atoms with E-state index < -0.39 is 5.41 Å². The van der Waals surface area contributed by atoms with Gasteiger partial charge in [-0.1, -0.05) is 24.6 Å². The van der Waals surface area contributed by atoms with E-state index in [4.69, 9.17) is 9.47 Å². The number of hydrogen-bond acceptors (Lipinski definition) is 5. The van der Waals surface area contributed by atoms with Crippen molar-refractivity contribution in [2.24, 2.45) is 12.5 Å². The number of para-hydroxylation sites is 1. The number of carbonyl (C=O) groups excluding carboxylic acids is 2. The van der Waals surface area contributed by atoms with Crippen LogP contribution in [0.1, 0.15) is 55.1 Å². The smallest absolute Gasteiger partial charge is 0.272 e. The summed E-state index contributed by atoms with van der Waals surface area (Å²) in [4.78, 5) is 29.0. The molecule has 3 aromatic rings. The number of likely N-dealkylation sites (tertiary alicyclic amines) is 1. The number of methoxy groups -OCH3 is 1. The van der Waals surface area contributed by atoms with Gasteiger partial charge in [0.25, 0.3) is 5.91 Å². The van der Waals surface area contributed by atoms with Crippen LogP contribution in [0.4, 0.5) is 0 Å². The van der Waals surface area contributed by atoms with Gasteiger partial charge in [0, 0.05) is 25.7 Å². The van der Waals surface area contributed by atoms with Gasteiger partial charge in [-0.2, -0.15) is 5.10 Å². The van der Waals surface area contributed by atoms with Crippen LogP contribution in [0, 0.1) is 5.41 Å². The molecule has 1 saturated heterocycles. The fourth-order valence-electron chi connectivity index (χ4n) is 5.72. The second kappa shape index (κ2) is 11.5. The van der Waals surface area contributed by atoms with Crippen molar-refractivity contribution in [2.75, 3.05) is 26.8 Å². The summed E-state index contributed by atoms with van der Waals surface area (Å²) in [7, 11) is 3.43. The van der Waals surface area contributed by atoms with Gasteiger partial charge in [0.1, 0.15) is 23.8 Å². The normalized spacial score (nSPS) is 19.7. The molecule has 2 aliphatic rings. The molecule has 0 saturated carbocycles. The fraction of sp³-hybridized carbons (Fsp3) is 0.452. The summed E-state index contributed by atoms with van der Waals surface area (Å²) in [6.07, 6.45) is 5.01. The SMILES string of the molecule is COc1ccc(-c2cc(C(=O)N3CCC4(CCCCc5ccccc5OC[C@@H](C)NC4=O)CC3)n(C)n2)cc1. The van der Waals surface area contributed by atoms with Gasteiger partial charge in [0.15, 0.2) is 0 Å². The van der Waals surface area contributed by atoms with E-state index in [1.165, 1.54) is 5.56 Å². The van der Waals surface area contributed by atoms with E-state index in [-0.39, 0.29) is 17.9 Å². The van der Waals surface area contributed by atoms with Gasteiger partial charge < -0.3 is 19.7 Å². The first kappa shape index (κ1) is 26.8. The van der Waals surface area contributed by atoms with Crippen molar-refractivity contribution in [1.82, 2.24) is 20.0 Å². The average molecular weight is 531 g/mol. The number of aryl methyl sites for hydroxylation is 2. The number of ether oxygens (including phenoxy) is 2. The third-order valence-electron chi connectivity index (χ3n) is 8.16. The molecule has 8 nitrogen and oxygen atoms in total. The Morgan fingerprint density at radius 2 is 1.82 bits per heavy atom. The number of piperidine rings is 1. The lowest BCUT2D eigenvalue weighted by Crippen LogP contribution is -2.52. The summed E-state index contributed by atoms with van der Waals surface area (Å²) >= 11 is 0. The first-order valence-electron chi connectivity index (χ1n) is 13.9. The maximum atomic E-state index is 13.6. The molecule has 0 unspecified atom stereocenters. The van der Waals surface area contributed by atoms with Crippen molar-refractivity contribution >= 4 is 11.8 Å². The van der Waals surface area contributed by atoms with E-state index in [0.717, 1.165) is 48.4 Å². The number of fused-ring (bicyclic) bond motifs is 1. The Morgan fingerprint density at radius 1 is 1.08 bits per heavy atom. The quantitative estimate of drug-likeness (QED) is 0.534. The zero-order chi connectivity index (χ0) is 27.4. The van der Waals surface area contributed by atoms with Crippen LogP contribution in [0.5, 0.6) is 11.5 Å². The molecule has 0 bridgehead atoms. The molecule has 2 aliphatic heterocycles. The highest BCUT2D eigenvalue weighted by atomic mass is 16.5. The Bertz CT molecular complexity index is 1310. The van der Waals surface area contributed by atoms with Gasteiger partial charge in [0.05, 0.1) is 24.3 Å². The average Bonchev–Trinajstić information content (AvgIpc) is 3.35. The van der Waals surface area contributed by atoms with Crippen molar-refractivity contribution in [3.8, 4) is 22.8 Å². The van der Waals surface area contributed by atoms with E-state index in [0.29, 0.717) is 38.2 Å². The molecule has 206 valence electrons. The first-order valence-corrected chi connectivity index (χ1v) is 13.9. The molecule has 0 radical (unpaired) electrons. The van der Waals surface area contributed by atoms with E-state index in [1.807, 2.05) is 54.3 Å². The number of amides is 2. The molecule has 5 rings (SSSR count). The summed E-state index contributed by atoms with van der Waals surface area (Å²) in [5, 5.41) is 7.80. The molecule has 1 N–H and O–H groups in total. The highest BCUT2D eigenvalue weighted by Crippen LogP contribution is 2.38. The minimum Gasteiger partial charge on any atom is -0.497 e. The lowest BCUT2D eigenvalue weighted by molar-refractivity contribution is -0.135. The molecule has 2 amide bonds. The van der Waals surface area contributed by atoms with Gasteiger partial charge in [-0.3, -0.25) is 14.3 Å². The van der Waals surface area contributed by atoms with Crippen LogP contribution in [-0.2, 0) is 18.3 Å². The van der Waals surface area contributed by atoms with Crippen molar-refractivity contribution < 1.29 is 19.1 Å². The maximum Gasteiger partial charge on any atom is 0.272 e. The summed E-state index contributed by atoms with van der Waals surface area (Å²) in [6, 6.07) is 17.6. The predicted molar refractivity (Wildman–Crippen MR) is 150 cm³/mol. The van der Waals surface area contributed by atoms with Gasteiger partial charge in [-0.25, -0.2) is 0 Å². The Labute approximate surface area is 230 Å². The number of aromatic nitrogens is 2. The van der Waals surface area contributed by atoms with Crippen molar-refractivity contribution in [3.05, 3.63) is 65.9 Å². The van der Waals surface area contributed by atoms with E-state index in [1.54, 1.807) is 18.8 Å². The number of rotatable bonds is 3. The van der Waals surface area contributed by atoms with Crippen molar-refractivity contribution in [2.45, 2.75) is 51.5 Å².